The number of carbonyl (C=O) groups excluding carboxylic acids is 1. The van der Waals surface area contributed by atoms with Gasteiger partial charge in [0, 0.05) is 18.1 Å². The second-order valence-electron chi connectivity index (χ2n) is 6.03. The molecule has 0 fully saturated rings. The Morgan fingerprint density at radius 2 is 2.15 bits per heavy atom. The predicted molar refractivity (Wildman–Crippen MR) is 102 cm³/mol. The molecule has 1 aromatic carbocycles. The molecule has 0 aliphatic carbocycles. The Morgan fingerprint density at radius 1 is 1.31 bits per heavy atom. The van der Waals surface area contributed by atoms with Gasteiger partial charge in [-0.3, -0.25) is 4.79 Å². The molecule has 0 saturated carbocycles. The Morgan fingerprint density at radius 3 is 2.88 bits per heavy atom. The van der Waals surface area contributed by atoms with Gasteiger partial charge < -0.3 is 20.0 Å². The summed E-state index contributed by atoms with van der Waals surface area (Å²) >= 11 is 1.63. The highest BCUT2D eigenvalue weighted by Crippen LogP contribution is 2.25. The maximum Gasteiger partial charge on any atom is 0.226 e. The zero-order valence-electron chi connectivity index (χ0n) is 13.9. The minimum absolute atomic E-state index is 0.0341. The summed E-state index contributed by atoms with van der Waals surface area (Å²) in [6.45, 7) is -0.143. The maximum atomic E-state index is 12.6. The van der Waals surface area contributed by atoms with Crippen molar-refractivity contribution < 1.29 is 9.90 Å². The van der Waals surface area contributed by atoms with Crippen molar-refractivity contribution in [2.75, 3.05) is 5.32 Å². The number of nitrogens with one attached hydrogen (secondary N) is 2. The summed E-state index contributed by atoms with van der Waals surface area (Å²) in [5, 5.41) is 16.2. The smallest absolute Gasteiger partial charge is 0.226 e. The van der Waals surface area contributed by atoms with Crippen LogP contribution in [0.5, 0.6) is 0 Å². The monoisotopic (exact) mass is 366 g/mol. The van der Waals surface area contributed by atoms with E-state index in [1.165, 1.54) is 0 Å². The molecule has 1 atom stereocenters. The molecular formula is C19H18N4O2S. The number of H-pyrrole nitrogens is 1. The Bertz CT molecular complexity index is 971. The lowest BCUT2D eigenvalue weighted by Crippen LogP contribution is -2.19. The molecule has 4 rings (SSSR count). The zero-order valence-corrected chi connectivity index (χ0v) is 14.7. The molecule has 4 aromatic rings. The Hall–Kier alpha value is -2.90. The first-order valence-corrected chi connectivity index (χ1v) is 9.21. The molecule has 3 heterocycles. The highest BCUT2D eigenvalue weighted by atomic mass is 32.1. The van der Waals surface area contributed by atoms with Gasteiger partial charge in [-0.15, -0.1) is 0 Å². The number of nitrogens with zero attached hydrogens (tertiary/aromatic N) is 2. The van der Waals surface area contributed by atoms with E-state index in [4.69, 9.17) is 5.11 Å². The van der Waals surface area contributed by atoms with Crippen LogP contribution in [0.3, 0.4) is 0 Å². The summed E-state index contributed by atoms with van der Waals surface area (Å²) in [6.07, 6.45) is 4.29. The molecule has 0 bridgehead atoms. The fourth-order valence-electron chi connectivity index (χ4n) is 3.02. The van der Waals surface area contributed by atoms with Crippen LogP contribution in [-0.4, -0.2) is 25.5 Å². The summed E-state index contributed by atoms with van der Waals surface area (Å²) in [5.41, 5.74) is 3.37. The van der Waals surface area contributed by atoms with Crippen LogP contribution in [0, 0.1) is 0 Å². The highest BCUT2D eigenvalue weighted by Gasteiger charge is 2.18. The Kier molecular flexibility index (Phi) is 4.55. The average molecular weight is 366 g/mol. The summed E-state index contributed by atoms with van der Waals surface area (Å²) < 4.78 is 2.05. The van der Waals surface area contributed by atoms with Gasteiger partial charge in [0.2, 0.25) is 5.91 Å². The van der Waals surface area contributed by atoms with Gasteiger partial charge in [0.1, 0.15) is 12.4 Å². The molecule has 0 radical (unpaired) electrons. The van der Waals surface area contributed by atoms with Crippen LogP contribution in [0.1, 0.15) is 23.9 Å². The fraction of sp³-hybridized carbons (Fsp3) is 0.158. The second-order valence-corrected chi connectivity index (χ2v) is 6.81. The van der Waals surface area contributed by atoms with Crippen LogP contribution in [0.15, 0.2) is 59.6 Å². The molecule has 26 heavy (non-hydrogen) atoms. The number of fused-ring (bicyclic) bond motifs is 1. The van der Waals surface area contributed by atoms with Crippen molar-refractivity contribution >= 4 is 34.0 Å². The number of anilines is 1. The average Bonchev–Trinajstić information content (AvgIpc) is 3.40. The minimum Gasteiger partial charge on any atom is -0.388 e. The van der Waals surface area contributed by atoms with Crippen LogP contribution in [0.4, 0.5) is 5.69 Å². The minimum atomic E-state index is -0.143. The first-order valence-electron chi connectivity index (χ1n) is 8.27. The molecule has 7 heteroatoms. The first kappa shape index (κ1) is 16.6. The summed E-state index contributed by atoms with van der Waals surface area (Å²) in [7, 11) is 0. The van der Waals surface area contributed by atoms with E-state index in [0.717, 1.165) is 16.6 Å². The Balaban J connectivity index is 1.52. The molecular weight excluding hydrogens is 348 g/mol. The van der Waals surface area contributed by atoms with E-state index in [0.29, 0.717) is 17.9 Å². The highest BCUT2D eigenvalue weighted by molar-refractivity contribution is 7.08. The van der Waals surface area contributed by atoms with Gasteiger partial charge in [0.05, 0.1) is 23.5 Å². The SMILES string of the molecule is O=C(C[C@H](c1ccsc1)n1cccc1)Nc1ccc2nc(CO)[nH]c2c1. The Labute approximate surface area is 154 Å². The third kappa shape index (κ3) is 3.40. The van der Waals surface area contributed by atoms with Crippen LogP contribution >= 0.6 is 11.3 Å². The number of carbonyl (C=O) groups is 1. The fourth-order valence-corrected chi connectivity index (χ4v) is 3.73. The van der Waals surface area contributed by atoms with Gasteiger partial charge in [-0.2, -0.15) is 11.3 Å². The van der Waals surface area contributed by atoms with Crippen LogP contribution < -0.4 is 5.32 Å². The van der Waals surface area contributed by atoms with E-state index in [9.17, 15) is 4.79 Å². The van der Waals surface area contributed by atoms with Crippen molar-refractivity contribution in [2.45, 2.75) is 19.1 Å². The molecule has 3 aromatic heterocycles. The lowest BCUT2D eigenvalue weighted by atomic mass is 10.1. The molecule has 6 nitrogen and oxygen atoms in total. The molecule has 0 spiro atoms. The number of aliphatic hydroxyl groups is 1. The molecule has 1 amide bonds. The molecule has 132 valence electrons. The van der Waals surface area contributed by atoms with Crippen molar-refractivity contribution in [1.82, 2.24) is 14.5 Å². The predicted octanol–water partition coefficient (Wildman–Crippen LogP) is 3.54. The largest absolute Gasteiger partial charge is 0.388 e. The van der Waals surface area contributed by atoms with Crippen LogP contribution in [0.25, 0.3) is 11.0 Å². The molecule has 0 unspecified atom stereocenters. The third-order valence-corrected chi connectivity index (χ3v) is 4.96. The third-order valence-electron chi connectivity index (χ3n) is 4.26. The van der Waals surface area contributed by atoms with Gasteiger partial charge in [0.15, 0.2) is 0 Å². The molecule has 0 saturated heterocycles. The van der Waals surface area contributed by atoms with E-state index in [1.807, 2.05) is 52.7 Å². The number of aromatic amines is 1. The summed E-state index contributed by atoms with van der Waals surface area (Å²) in [5.74, 6) is 0.449. The van der Waals surface area contributed by atoms with E-state index < -0.39 is 0 Å². The number of rotatable bonds is 6. The van der Waals surface area contributed by atoms with E-state index in [-0.39, 0.29) is 18.6 Å². The standard InChI is InChI=1S/C19H18N4O2S/c24-11-18-21-15-4-3-14(9-16(15)22-18)20-19(25)10-17(13-5-8-26-12-13)23-6-1-2-7-23/h1-9,12,17,24H,10-11H2,(H,20,25)(H,21,22)/t17-/m1/s1. The van der Waals surface area contributed by atoms with Gasteiger partial charge in [-0.05, 0) is 52.7 Å². The number of benzene rings is 1. The number of aromatic nitrogens is 3. The second kappa shape index (κ2) is 7.15. The maximum absolute atomic E-state index is 12.6. The number of imidazole rings is 1. The van der Waals surface area contributed by atoms with Gasteiger partial charge >= 0.3 is 0 Å². The lowest BCUT2D eigenvalue weighted by molar-refractivity contribution is -0.116. The number of aliphatic hydroxyl groups excluding tert-OH is 1. The van der Waals surface area contributed by atoms with Crippen molar-refractivity contribution in [3.8, 4) is 0 Å². The molecule has 0 aliphatic rings. The number of thiophene rings is 1. The quantitative estimate of drug-likeness (QED) is 0.488. The van der Waals surface area contributed by atoms with Crippen LogP contribution in [0.2, 0.25) is 0 Å². The van der Waals surface area contributed by atoms with Gasteiger partial charge in [0.25, 0.3) is 0 Å². The zero-order chi connectivity index (χ0) is 17.9. The molecule has 3 N–H and O–H groups in total. The number of amides is 1. The van der Waals surface area contributed by atoms with Crippen molar-refractivity contribution in [3.63, 3.8) is 0 Å². The molecule has 0 aliphatic heterocycles. The van der Waals surface area contributed by atoms with Crippen molar-refractivity contribution in [2.24, 2.45) is 0 Å². The van der Waals surface area contributed by atoms with Crippen LogP contribution in [-0.2, 0) is 11.4 Å². The summed E-state index contributed by atoms with van der Waals surface area (Å²) in [6, 6.07) is 11.4. The van der Waals surface area contributed by atoms with E-state index in [2.05, 4.69) is 26.7 Å². The lowest BCUT2D eigenvalue weighted by Gasteiger charge is -2.18. The number of hydrogen-bond donors (Lipinski definition) is 3. The normalized spacial score (nSPS) is 12.3. The number of hydrogen-bond acceptors (Lipinski definition) is 4. The van der Waals surface area contributed by atoms with E-state index in [1.54, 1.807) is 11.3 Å². The van der Waals surface area contributed by atoms with Crippen molar-refractivity contribution in [3.05, 3.63) is 70.9 Å². The topological polar surface area (TPSA) is 82.9 Å². The van der Waals surface area contributed by atoms with Gasteiger partial charge in [-0.25, -0.2) is 4.98 Å². The first-order chi connectivity index (χ1) is 12.7. The van der Waals surface area contributed by atoms with Gasteiger partial charge in [-0.1, -0.05) is 0 Å². The van der Waals surface area contributed by atoms with E-state index >= 15 is 0 Å². The van der Waals surface area contributed by atoms with Crippen molar-refractivity contribution in [1.29, 1.82) is 0 Å². The summed E-state index contributed by atoms with van der Waals surface area (Å²) in [4.78, 5) is 19.9.